The Balaban J connectivity index is 1.61. The fourth-order valence-corrected chi connectivity index (χ4v) is 5.45. The molecule has 3 aromatic rings. The van der Waals surface area contributed by atoms with Gasteiger partial charge in [0.2, 0.25) is 15.9 Å². The van der Waals surface area contributed by atoms with Crippen LogP contribution in [0.3, 0.4) is 0 Å². The van der Waals surface area contributed by atoms with E-state index >= 15 is 0 Å². The summed E-state index contributed by atoms with van der Waals surface area (Å²) < 4.78 is 33.4. The Morgan fingerprint density at radius 2 is 2.13 bits per heavy atom. The molecule has 2 N–H and O–H groups in total. The van der Waals surface area contributed by atoms with Gasteiger partial charge in [0, 0.05) is 37.8 Å². The third-order valence-electron chi connectivity index (χ3n) is 5.35. The van der Waals surface area contributed by atoms with Crippen molar-refractivity contribution in [3.8, 4) is 5.75 Å². The van der Waals surface area contributed by atoms with Crippen LogP contribution in [0.15, 0.2) is 47.5 Å². The maximum absolute atomic E-state index is 13.3. The Labute approximate surface area is 175 Å². The Morgan fingerprint density at radius 1 is 1.30 bits per heavy atom. The van der Waals surface area contributed by atoms with Crippen molar-refractivity contribution < 1.29 is 17.9 Å². The van der Waals surface area contributed by atoms with Gasteiger partial charge in [-0.05, 0) is 49.2 Å². The molecule has 1 aliphatic heterocycles. The molecule has 0 aliphatic carbocycles. The first kappa shape index (κ1) is 20.4. The average Bonchev–Trinajstić information content (AvgIpc) is 3.18. The largest absolute Gasteiger partial charge is 0.495 e. The van der Waals surface area contributed by atoms with E-state index in [0.717, 1.165) is 29.6 Å². The van der Waals surface area contributed by atoms with Crippen LogP contribution in [0.4, 0.5) is 5.69 Å². The Bertz CT molecular complexity index is 1160. The number of aromatic amines is 1. The number of nitrogens with one attached hydrogen (secondary N) is 2. The van der Waals surface area contributed by atoms with E-state index in [-0.39, 0.29) is 16.7 Å². The minimum absolute atomic E-state index is 0.0655. The summed E-state index contributed by atoms with van der Waals surface area (Å²) in [5, 5.41) is 2.63. The third kappa shape index (κ3) is 3.90. The molecule has 1 atom stereocenters. The molecule has 0 spiro atoms. The van der Waals surface area contributed by atoms with Crippen molar-refractivity contribution in [2.24, 2.45) is 0 Å². The summed E-state index contributed by atoms with van der Waals surface area (Å²) in [6.07, 6.45) is 3.41. The maximum Gasteiger partial charge on any atom is 0.243 e. The highest BCUT2D eigenvalue weighted by Crippen LogP contribution is 2.33. The van der Waals surface area contributed by atoms with Gasteiger partial charge in [-0.25, -0.2) is 8.42 Å². The highest BCUT2D eigenvalue weighted by atomic mass is 32.2. The predicted molar refractivity (Wildman–Crippen MR) is 114 cm³/mol. The van der Waals surface area contributed by atoms with Crippen LogP contribution in [-0.2, 0) is 14.8 Å². The average molecular weight is 429 g/mol. The van der Waals surface area contributed by atoms with E-state index in [9.17, 15) is 13.2 Å². The highest BCUT2D eigenvalue weighted by Gasteiger charge is 2.32. The number of ether oxygens (including phenoxy) is 1. The lowest BCUT2D eigenvalue weighted by Gasteiger charge is -2.31. The standard InChI is InChI=1S/C21H24N4O4S/c1-14(26)23-20-11-16(7-8-21(20)29-2)30(27,28)25-10-4-5-15(13-25)18-12-19-17(24-18)6-3-9-22-19/h3,6-9,11-12,15,24H,4-5,10,13H2,1-2H3,(H,23,26)/t15-/m1/s1. The molecule has 1 aromatic carbocycles. The van der Waals surface area contributed by atoms with Crippen molar-refractivity contribution in [2.45, 2.75) is 30.6 Å². The second-order valence-electron chi connectivity index (χ2n) is 7.41. The normalized spacial score (nSPS) is 17.7. The molecular formula is C21H24N4O4S. The van der Waals surface area contributed by atoms with Gasteiger partial charge < -0.3 is 15.0 Å². The zero-order valence-electron chi connectivity index (χ0n) is 16.9. The molecule has 1 amide bonds. The zero-order chi connectivity index (χ0) is 21.3. The smallest absolute Gasteiger partial charge is 0.243 e. The molecule has 1 fully saturated rings. The number of hydrogen-bond donors (Lipinski definition) is 2. The minimum Gasteiger partial charge on any atom is -0.495 e. The zero-order valence-corrected chi connectivity index (χ0v) is 17.7. The van der Waals surface area contributed by atoms with E-state index in [1.165, 1.54) is 30.5 Å². The van der Waals surface area contributed by atoms with Crippen molar-refractivity contribution in [1.29, 1.82) is 0 Å². The second-order valence-corrected chi connectivity index (χ2v) is 9.34. The van der Waals surface area contributed by atoms with Crippen LogP contribution in [0.2, 0.25) is 0 Å². The Hall–Kier alpha value is -2.91. The van der Waals surface area contributed by atoms with Crippen molar-refractivity contribution in [2.75, 3.05) is 25.5 Å². The number of carbonyl (C=O) groups excluding carboxylic acids is 1. The van der Waals surface area contributed by atoms with E-state index in [0.29, 0.717) is 24.5 Å². The first-order valence-corrected chi connectivity index (χ1v) is 11.2. The summed E-state index contributed by atoms with van der Waals surface area (Å²) in [5.74, 6) is 0.176. The maximum atomic E-state index is 13.3. The fourth-order valence-electron chi connectivity index (χ4n) is 3.90. The lowest BCUT2D eigenvalue weighted by molar-refractivity contribution is -0.114. The van der Waals surface area contributed by atoms with Crippen LogP contribution in [0.1, 0.15) is 31.4 Å². The monoisotopic (exact) mass is 428 g/mol. The highest BCUT2D eigenvalue weighted by molar-refractivity contribution is 7.89. The molecule has 30 heavy (non-hydrogen) atoms. The summed E-state index contributed by atoms with van der Waals surface area (Å²) in [6.45, 7) is 2.21. The number of sulfonamides is 1. The van der Waals surface area contributed by atoms with Gasteiger partial charge in [-0.1, -0.05) is 0 Å². The van der Waals surface area contributed by atoms with Gasteiger partial charge >= 0.3 is 0 Å². The molecule has 158 valence electrons. The Morgan fingerprint density at radius 3 is 2.87 bits per heavy atom. The minimum atomic E-state index is -3.72. The first-order chi connectivity index (χ1) is 14.4. The van der Waals surface area contributed by atoms with E-state index < -0.39 is 10.0 Å². The van der Waals surface area contributed by atoms with Crippen LogP contribution < -0.4 is 10.1 Å². The van der Waals surface area contributed by atoms with Crippen LogP contribution in [0.25, 0.3) is 11.0 Å². The number of benzene rings is 1. The van der Waals surface area contributed by atoms with Gasteiger partial charge in [-0.3, -0.25) is 9.78 Å². The van der Waals surface area contributed by atoms with Gasteiger partial charge in [0.1, 0.15) is 5.75 Å². The molecule has 0 unspecified atom stereocenters. The van der Waals surface area contributed by atoms with E-state index in [4.69, 9.17) is 4.74 Å². The summed E-state index contributed by atoms with van der Waals surface area (Å²) in [6, 6.07) is 10.4. The molecule has 1 aliphatic rings. The molecule has 0 radical (unpaired) electrons. The number of amides is 1. The Kier molecular flexibility index (Phi) is 5.48. The van der Waals surface area contributed by atoms with Crippen LogP contribution >= 0.6 is 0 Å². The number of methoxy groups -OCH3 is 1. The fraction of sp³-hybridized carbons (Fsp3) is 0.333. The number of nitrogens with zero attached hydrogens (tertiary/aromatic N) is 2. The predicted octanol–water partition coefficient (Wildman–Crippen LogP) is 3.10. The second kappa shape index (κ2) is 8.08. The van der Waals surface area contributed by atoms with E-state index in [2.05, 4.69) is 15.3 Å². The summed E-state index contributed by atoms with van der Waals surface area (Å²) >= 11 is 0. The molecule has 4 rings (SSSR count). The summed E-state index contributed by atoms with van der Waals surface area (Å²) in [4.78, 5) is 19.3. The number of pyridine rings is 1. The molecule has 0 saturated carbocycles. The number of anilines is 1. The SMILES string of the molecule is COc1ccc(S(=O)(=O)N2CCC[C@@H](c3cc4ncccc4[nH]3)C2)cc1NC(C)=O. The molecule has 9 heteroatoms. The van der Waals surface area contributed by atoms with Gasteiger partial charge in [-0.2, -0.15) is 4.31 Å². The van der Waals surface area contributed by atoms with Gasteiger partial charge in [0.25, 0.3) is 0 Å². The lowest BCUT2D eigenvalue weighted by atomic mass is 9.96. The summed E-state index contributed by atoms with van der Waals surface area (Å²) in [5.41, 5.74) is 3.16. The molecule has 2 aromatic heterocycles. The number of aromatic nitrogens is 2. The first-order valence-electron chi connectivity index (χ1n) is 9.78. The summed E-state index contributed by atoms with van der Waals surface area (Å²) in [7, 11) is -2.25. The van der Waals surface area contributed by atoms with Crippen molar-refractivity contribution in [3.63, 3.8) is 0 Å². The topological polar surface area (TPSA) is 104 Å². The quantitative estimate of drug-likeness (QED) is 0.650. The third-order valence-corrected chi connectivity index (χ3v) is 7.21. The van der Waals surface area contributed by atoms with Crippen LogP contribution in [0.5, 0.6) is 5.75 Å². The number of carbonyl (C=O) groups is 1. The number of hydrogen-bond acceptors (Lipinski definition) is 5. The molecule has 0 bridgehead atoms. The number of rotatable bonds is 5. The van der Waals surface area contributed by atoms with Crippen LogP contribution in [-0.4, -0.2) is 48.8 Å². The number of H-pyrrole nitrogens is 1. The molecule has 1 saturated heterocycles. The van der Waals surface area contributed by atoms with Gasteiger partial charge in [-0.15, -0.1) is 0 Å². The van der Waals surface area contributed by atoms with Crippen molar-refractivity contribution >= 4 is 32.7 Å². The lowest BCUT2D eigenvalue weighted by Crippen LogP contribution is -2.39. The molecule has 3 heterocycles. The molecular weight excluding hydrogens is 404 g/mol. The number of fused-ring (bicyclic) bond motifs is 1. The van der Waals surface area contributed by atoms with Gasteiger partial charge in [0.05, 0.1) is 28.7 Å². The van der Waals surface area contributed by atoms with E-state index in [1.54, 1.807) is 12.3 Å². The van der Waals surface area contributed by atoms with E-state index in [1.807, 2.05) is 18.2 Å². The molecule has 8 nitrogen and oxygen atoms in total. The van der Waals surface area contributed by atoms with Crippen LogP contribution in [0, 0.1) is 0 Å². The van der Waals surface area contributed by atoms with Crippen molar-refractivity contribution in [3.05, 3.63) is 48.3 Å². The van der Waals surface area contributed by atoms with Crippen molar-refractivity contribution in [1.82, 2.24) is 14.3 Å². The number of piperidine rings is 1. The van der Waals surface area contributed by atoms with Gasteiger partial charge in [0.15, 0.2) is 0 Å².